The first-order valence-corrected chi connectivity index (χ1v) is 5.64. The molecule has 1 aromatic rings. The van der Waals surface area contributed by atoms with Gasteiger partial charge < -0.3 is 9.84 Å². The Morgan fingerprint density at radius 2 is 1.82 bits per heavy atom. The first-order valence-electron chi connectivity index (χ1n) is 5.64. The molecule has 1 aliphatic heterocycles. The summed E-state index contributed by atoms with van der Waals surface area (Å²) in [7, 11) is 0. The molecule has 0 amide bonds. The molecule has 0 saturated carbocycles. The van der Waals surface area contributed by atoms with E-state index in [1.165, 1.54) is 0 Å². The quantitative estimate of drug-likeness (QED) is 0.640. The Labute approximate surface area is 99.2 Å². The Morgan fingerprint density at radius 3 is 2.47 bits per heavy atom. The van der Waals surface area contributed by atoms with Crippen molar-refractivity contribution in [1.29, 1.82) is 0 Å². The molecule has 0 atom stereocenters. The number of carboxylic acid groups (broad SMARTS) is 1. The molecule has 0 radical (unpaired) electrons. The van der Waals surface area contributed by atoms with Gasteiger partial charge in [-0.3, -0.25) is 4.79 Å². The molecule has 90 valence electrons. The molecule has 0 unspecified atom stereocenters. The van der Waals surface area contributed by atoms with Gasteiger partial charge in [0.2, 0.25) is 0 Å². The second-order valence-electron chi connectivity index (χ2n) is 4.11. The van der Waals surface area contributed by atoms with Gasteiger partial charge in [0.1, 0.15) is 0 Å². The highest BCUT2D eigenvalue weighted by molar-refractivity contribution is 6.40. The smallest absolute Gasteiger partial charge is 0.377 e. The van der Waals surface area contributed by atoms with E-state index in [4.69, 9.17) is 9.84 Å². The zero-order chi connectivity index (χ0) is 12.3. The van der Waals surface area contributed by atoms with Crippen molar-refractivity contribution in [2.75, 3.05) is 13.2 Å². The second-order valence-corrected chi connectivity index (χ2v) is 4.11. The van der Waals surface area contributed by atoms with Gasteiger partial charge in [0, 0.05) is 18.8 Å². The highest BCUT2D eigenvalue weighted by Gasteiger charge is 2.24. The molecule has 1 N–H and O–H groups in total. The van der Waals surface area contributed by atoms with Gasteiger partial charge in [-0.2, -0.15) is 0 Å². The van der Waals surface area contributed by atoms with Crippen LogP contribution in [0.1, 0.15) is 34.7 Å². The Kier molecular flexibility index (Phi) is 3.54. The van der Waals surface area contributed by atoms with E-state index >= 15 is 0 Å². The molecule has 4 heteroatoms. The van der Waals surface area contributed by atoms with Crippen molar-refractivity contribution in [3.63, 3.8) is 0 Å². The summed E-state index contributed by atoms with van der Waals surface area (Å²) in [6.07, 6.45) is 1.67. The van der Waals surface area contributed by atoms with Crippen LogP contribution in [-0.2, 0) is 9.53 Å². The number of benzene rings is 1. The van der Waals surface area contributed by atoms with E-state index in [-0.39, 0.29) is 5.92 Å². The lowest BCUT2D eigenvalue weighted by atomic mass is 9.87. The summed E-state index contributed by atoms with van der Waals surface area (Å²) in [5.74, 6) is -2.00. The number of carboxylic acids is 1. The number of carbonyl (C=O) groups excluding carboxylic acids is 1. The van der Waals surface area contributed by atoms with Gasteiger partial charge >= 0.3 is 5.97 Å². The van der Waals surface area contributed by atoms with E-state index in [2.05, 4.69) is 0 Å². The van der Waals surface area contributed by atoms with Gasteiger partial charge in [-0.05, 0) is 24.3 Å². The van der Waals surface area contributed by atoms with Crippen molar-refractivity contribution < 1.29 is 19.4 Å². The molecule has 2 rings (SSSR count). The zero-order valence-electron chi connectivity index (χ0n) is 9.39. The largest absolute Gasteiger partial charge is 0.475 e. The molecule has 1 aliphatic rings. The minimum absolute atomic E-state index is 0.225. The maximum Gasteiger partial charge on any atom is 0.377 e. The fraction of sp³-hybridized carbons (Fsp3) is 0.385. The summed E-state index contributed by atoms with van der Waals surface area (Å²) in [5, 5.41) is 8.78. The second kappa shape index (κ2) is 5.10. The zero-order valence-corrected chi connectivity index (χ0v) is 9.39. The van der Waals surface area contributed by atoms with Crippen molar-refractivity contribution in [1.82, 2.24) is 0 Å². The van der Waals surface area contributed by atoms with Gasteiger partial charge in [0.05, 0.1) is 0 Å². The molecule has 0 aromatic heterocycles. The number of ether oxygens (including phenoxy) is 1. The topological polar surface area (TPSA) is 63.6 Å². The van der Waals surface area contributed by atoms with E-state index in [9.17, 15) is 9.59 Å². The normalized spacial score (nSPS) is 16.7. The first kappa shape index (κ1) is 11.8. The van der Waals surface area contributed by atoms with Crippen molar-refractivity contribution >= 4 is 11.8 Å². The number of ketones is 1. The van der Waals surface area contributed by atoms with E-state index in [1.54, 1.807) is 12.1 Å². The lowest BCUT2D eigenvalue weighted by Gasteiger charge is -2.23. The number of rotatable bonds is 3. The van der Waals surface area contributed by atoms with E-state index in [1.807, 2.05) is 12.1 Å². The predicted molar refractivity (Wildman–Crippen MR) is 61.2 cm³/mol. The van der Waals surface area contributed by atoms with E-state index in [0.717, 1.165) is 18.4 Å². The molecule has 4 nitrogen and oxygen atoms in total. The average Bonchev–Trinajstić information content (AvgIpc) is 2.39. The fourth-order valence-electron chi connectivity index (χ4n) is 2.18. The first-order chi connectivity index (χ1) is 8.20. The minimum Gasteiger partial charge on any atom is -0.475 e. The number of Topliss-reactive ketones (excluding diaryl/α,β-unsaturated/α-hetero) is 1. The van der Waals surface area contributed by atoms with Gasteiger partial charge in [-0.1, -0.05) is 24.3 Å². The molecular formula is C13H14O4. The van der Waals surface area contributed by atoms with E-state index in [0.29, 0.717) is 18.8 Å². The molecule has 0 spiro atoms. The number of hydrogen-bond acceptors (Lipinski definition) is 3. The van der Waals surface area contributed by atoms with Crippen molar-refractivity contribution in [2.45, 2.75) is 18.8 Å². The summed E-state index contributed by atoms with van der Waals surface area (Å²) in [4.78, 5) is 22.3. The highest BCUT2D eigenvalue weighted by Crippen LogP contribution is 2.29. The maximum absolute atomic E-state index is 11.6. The molecule has 1 heterocycles. The van der Waals surface area contributed by atoms with Crippen LogP contribution in [0, 0.1) is 0 Å². The number of hydrogen-bond donors (Lipinski definition) is 1. The summed E-state index contributed by atoms with van der Waals surface area (Å²) >= 11 is 0. The standard InChI is InChI=1S/C13H14O4/c14-12(13(15)16)11-4-2-1-3-10(11)9-5-7-17-8-6-9/h1-4,9H,5-8H2,(H,15,16). The molecule has 0 aliphatic carbocycles. The van der Waals surface area contributed by atoms with Crippen molar-refractivity contribution in [2.24, 2.45) is 0 Å². The Hall–Kier alpha value is -1.68. The van der Waals surface area contributed by atoms with Gasteiger partial charge in [-0.15, -0.1) is 0 Å². The monoisotopic (exact) mass is 234 g/mol. The third kappa shape index (κ3) is 2.53. The average molecular weight is 234 g/mol. The van der Waals surface area contributed by atoms with Crippen LogP contribution >= 0.6 is 0 Å². The van der Waals surface area contributed by atoms with Crippen LogP contribution in [0.3, 0.4) is 0 Å². The van der Waals surface area contributed by atoms with Crippen molar-refractivity contribution in [3.8, 4) is 0 Å². The van der Waals surface area contributed by atoms with Crippen LogP contribution in [0.2, 0.25) is 0 Å². The van der Waals surface area contributed by atoms with Crippen LogP contribution < -0.4 is 0 Å². The number of carbonyl (C=O) groups is 2. The third-order valence-electron chi connectivity index (χ3n) is 3.06. The number of aliphatic carboxylic acids is 1. The summed E-state index contributed by atoms with van der Waals surface area (Å²) in [5.41, 5.74) is 1.15. The molecule has 1 fully saturated rings. The molecular weight excluding hydrogens is 220 g/mol. The Morgan fingerprint density at radius 1 is 1.18 bits per heavy atom. The molecule has 17 heavy (non-hydrogen) atoms. The van der Waals surface area contributed by atoms with Gasteiger partial charge in [0.15, 0.2) is 0 Å². The van der Waals surface area contributed by atoms with Crippen LogP contribution in [0.15, 0.2) is 24.3 Å². The van der Waals surface area contributed by atoms with Gasteiger partial charge in [-0.25, -0.2) is 4.79 Å². The lowest BCUT2D eigenvalue weighted by Crippen LogP contribution is -2.20. The third-order valence-corrected chi connectivity index (χ3v) is 3.06. The van der Waals surface area contributed by atoms with E-state index < -0.39 is 11.8 Å². The summed E-state index contributed by atoms with van der Waals surface area (Å²) in [6, 6.07) is 6.95. The summed E-state index contributed by atoms with van der Waals surface area (Å²) < 4.78 is 5.27. The molecule has 1 aromatic carbocycles. The van der Waals surface area contributed by atoms with Gasteiger partial charge in [0.25, 0.3) is 5.78 Å². The minimum atomic E-state index is -1.40. The Balaban J connectivity index is 2.32. The van der Waals surface area contributed by atoms with Crippen LogP contribution in [-0.4, -0.2) is 30.1 Å². The van der Waals surface area contributed by atoms with Crippen LogP contribution in [0.5, 0.6) is 0 Å². The fourth-order valence-corrected chi connectivity index (χ4v) is 2.18. The Bertz CT molecular complexity index is 433. The predicted octanol–water partition coefficient (Wildman–Crippen LogP) is 1.85. The summed E-state index contributed by atoms with van der Waals surface area (Å²) in [6.45, 7) is 1.33. The molecule has 1 saturated heterocycles. The highest BCUT2D eigenvalue weighted by atomic mass is 16.5. The maximum atomic E-state index is 11.6. The van der Waals surface area contributed by atoms with Crippen LogP contribution in [0.4, 0.5) is 0 Å². The SMILES string of the molecule is O=C(O)C(=O)c1ccccc1C1CCOCC1. The van der Waals surface area contributed by atoms with Crippen LogP contribution in [0.25, 0.3) is 0 Å². The molecule has 0 bridgehead atoms. The lowest BCUT2D eigenvalue weighted by molar-refractivity contribution is -0.131. The van der Waals surface area contributed by atoms with Crippen molar-refractivity contribution in [3.05, 3.63) is 35.4 Å².